The van der Waals surface area contributed by atoms with E-state index >= 15 is 0 Å². The summed E-state index contributed by atoms with van der Waals surface area (Å²) in [4.78, 5) is 37.7. The first-order chi connectivity index (χ1) is 22.5. The van der Waals surface area contributed by atoms with Gasteiger partial charge in [-0.3, -0.25) is 14.4 Å². The average molecular weight is 691 g/mol. The molecule has 278 valence electrons. The summed E-state index contributed by atoms with van der Waals surface area (Å²) in [5.74, 6) is -0.957. The molecule has 10 nitrogen and oxygen atoms in total. The molecule has 12 atom stereocenters. The molecule has 0 aromatic heterocycles. The number of ether oxygens (including phenoxy) is 4. The van der Waals surface area contributed by atoms with Crippen molar-refractivity contribution in [3.05, 3.63) is 11.6 Å². The van der Waals surface area contributed by atoms with Gasteiger partial charge in [0.15, 0.2) is 6.29 Å². The normalized spacial score (nSPS) is 42.8. The first kappa shape index (κ1) is 38.2. The van der Waals surface area contributed by atoms with Gasteiger partial charge in [-0.05, 0) is 106 Å². The molecule has 0 aromatic carbocycles. The highest BCUT2D eigenvalue weighted by Crippen LogP contribution is 2.73. The van der Waals surface area contributed by atoms with Crippen molar-refractivity contribution in [3.63, 3.8) is 0 Å². The van der Waals surface area contributed by atoms with Gasteiger partial charge in [-0.25, -0.2) is 0 Å². The lowest BCUT2D eigenvalue weighted by atomic mass is 9.40. The fourth-order valence-electron chi connectivity index (χ4n) is 11.8. The lowest BCUT2D eigenvalue weighted by molar-refractivity contribution is -0.248. The zero-order valence-electron chi connectivity index (χ0n) is 31.5. The number of aliphatic hydroxyl groups is 3. The van der Waals surface area contributed by atoms with E-state index in [1.807, 2.05) is 0 Å². The third kappa shape index (κ3) is 6.62. The van der Waals surface area contributed by atoms with Gasteiger partial charge in [-0.1, -0.05) is 46.3 Å². The second-order valence-electron chi connectivity index (χ2n) is 18.4. The van der Waals surface area contributed by atoms with E-state index < -0.39 is 59.4 Å². The predicted molar refractivity (Wildman–Crippen MR) is 182 cm³/mol. The molecule has 4 aliphatic carbocycles. The van der Waals surface area contributed by atoms with Crippen molar-refractivity contribution >= 4 is 17.9 Å². The molecule has 1 heterocycles. The first-order valence-corrected chi connectivity index (χ1v) is 18.4. The van der Waals surface area contributed by atoms with Crippen LogP contribution in [0.1, 0.15) is 127 Å². The molecule has 0 bridgehead atoms. The van der Waals surface area contributed by atoms with Gasteiger partial charge >= 0.3 is 17.9 Å². The van der Waals surface area contributed by atoms with Crippen molar-refractivity contribution in [2.75, 3.05) is 7.11 Å². The number of methoxy groups -OCH3 is 1. The number of carbonyl (C=O) groups is 3. The second kappa shape index (κ2) is 12.9. The van der Waals surface area contributed by atoms with Crippen molar-refractivity contribution in [1.29, 1.82) is 0 Å². The summed E-state index contributed by atoms with van der Waals surface area (Å²) in [5, 5.41) is 32.7. The highest BCUT2D eigenvalue weighted by atomic mass is 16.6. The minimum Gasteiger partial charge on any atom is -0.469 e. The summed E-state index contributed by atoms with van der Waals surface area (Å²) in [7, 11) is 1.23. The van der Waals surface area contributed by atoms with Crippen LogP contribution < -0.4 is 0 Å². The Labute approximate surface area is 292 Å². The molecule has 49 heavy (non-hydrogen) atoms. The van der Waals surface area contributed by atoms with Crippen LogP contribution in [0.15, 0.2) is 11.6 Å². The smallest absolute Gasteiger partial charge is 0.309 e. The third-order valence-electron chi connectivity index (χ3n) is 14.3. The third-order valence-corrected chi connectivity index (χ3v) is 14.3. The van der Waals surface area contributed by atoms with Crippen molar-refractivity contribution in [1.82, 2.24) is 0 Å². The number of esters is 3. The zero-order chi connectivity index (χ0) is 36.5. The number of rotatable bonds is 8. The van der Waals surface area contributed by atoms with Crippen LogP contribution in [0.2, 0.25) is 0 Å². The quantitative estimate of drug-likeness (QED) is 0.166. The Morgan fingerprint density at radius 2 is 1.57 bits per heavy atom. The molecular formula is C39H62O10. The van der Waals surface area contributed by atoms with Gasteiger partial charge in [0.25, 0.3) is 0 Å². The minimum atomic E-state index is -1.65. The monoisotopic (exact) mass is 690 g/mol. The van der Waals surface area contributed by atoms with E-state index in [2.05, 4.69) is 40.7 Å². The van der Waals surface area contributed by atoms with Crippen LogP contribution in [0.5, 0.6) is 0 Å². The topological polar surface area (TPSA) is 149 Å². The van der Waals surface area contributed by atoms with Gasteiger partial charge in [-0.15, -0.1) is 0 Å². The average Bonchev–Trinajstić information content (AvgIpc) is 3.24. The summed E-state index contributed by atoms with van der Waals surface area (Å²) in [6, 6.07) is 0. The van der Waals surface area contributed by atoms with Gasteiger partial charge < -0.3 is 34.3 Å². The van der Waals surface area contributed by atoms with E-state index in [4.69, 9.17) is 18.9 Å². The van der Waals surface area contributed by atoms with Crippen molar-refractivity contribution in [2.24, 2.45) is 45.3 Å². The molecule has 5 unspecified atom stereocenters. The van der Waals surface area contributed by atoms with Gasteiger partial charge in [0.05, 0.1) is 37.3 Å². The Kier molecular flexibility index (Phi) is 10.1. The summed E-state index contributed by atoms with van der Waals surface area (Å²) in [5.41, 5.74) is -2.18. The van der Waals surface area contributed by atoms with Crippen molar-refractivity contribution < 1.29 is 48.7 Å². The predicted octanol–water partition coefficient (Wildman–Crippen LogP) is 5.63. The summed E-state index contributed by atoms with van der Waals surface area (Å²) in [6.07, 6.45) is 5.88. The van der Waals surface area contributed by atoms with Gasteiger partial charge in [0.2, 0.25) is 0 Å². The SMILES string of the molecule is COC(=O)CC(C)(O)CC(=O)O[C@@H]1C[C@]2(C)C3=CC[C@]4(C)[C@@H](C5CC[C@H](C(C)(C)O)O[C@H]5O)CC[C@@]4(C)C3CCC2C(C)(C)C1OC(C)=O. The molecule has 4 fully saturated rings. The maximum atomic E-state index is 13.4. The van der Waals surface area contributed by atoms with E-state index in [1.54, 1.807) is 13.8 Å². The molecule has 5 aliphatic rings. The number of hydrogen-bond acceptors (Lipinski definition) is 10. The van der Waals surface area contributed by atoms with Crippen molar-refractivity contribution in [2.45, 2.75) is 162 Å². The van der Waals surface area contributed by atoms with E-state index in [9.17, 15) is 29.7 Å². The van der Waals surface area contributed by atoms with Crippen LogP contribution in [-0.4, -0.2) is 76.1 Å². The van der Waals surface area contributed by atoms with E-state index in [0.717, 1.165) is 44.9 Å². The van der Waals surface area contributed by atoms with E-state index in [0.29, 0.717) is 12.3 Å². The molecule has 10 heteroatoms. The summed E-state index contributed by atoms with van der Waals surface area (Å²) in [6.45, 7) is 17.6. The van der Waals surface area contributed by atoms with Crippen LogP contribution in [0.3, 0.4) is 0 Å². The van der Waals surface area contributed by atoms with E-state index in [1.165, 1.54) is 26.5 Å². The van der Waals surface area contributed by atoms with Gasteiger partial charge in [0.1, 0.15) is 12.2 Å². The highest BCUT2D eigenvalue weighted by Gasteiger charge is 2.68. The molecule has 5 rings (SSSR count). The maximum absolute atomic E-state index is 13.4. The second-order valence-corrected chi connectivity index (χ2v) is 18.4. The molecular weight excluding hydrogens is 628 g/mol. The number of allylic oxidation sites excluding steroid dienone is 2. The maximum Gasteiger partial charge on any atom is 0.309 e. The standard InChI is InChI=1S/C39H62O10/c1-22(40)47-32-27(48-31(42)21-36(6,45)20-30(41)46-10)19-37(7)25-16-18-38(8)24(23-11-14-29(35(4,5)44)49-33(23)43)15-17-39(38,9)26(25)12-13-28(37)34(32,2)3/h16,23-24,26-29,32-33,43-45H,11-15,17-21H2,1-10H3/t23?,24-,26?,27-,28?,29-,32?,33-,36?,37-,38-,39+/m1/s1. The number of hydrogen-bond donors (Lipinski definition) is 3. The van der Waals surface area contributed by atoms with Crippen LogP contribution in [-0.2, 0) is 33.3 Å². The van der Waals surface area contributed by atoms with Crippen molar-refractivity contribution in [3.8, 4) is 0 Å². The van der Waals surface area contributed by atoms with Gasteiger partial charge in [0, 0.05) is 18.3 Å². The molecule has 1 saturated heterocycles. The Bertz CT molecular complexity index is 1330. The lowest BCUT2D eigenvalue weighted by Gasteiger charge is -2.65. The summed E-state index contributed by atoms with van der Waals surface area (Å²) < 4.78 is 22.9. The highest BCUT2D eigenvalue weighted by molar-refractivity contribution is 5.75. The molecule has 3 saturated carbocycles. The Morgan fingerprint density at radius 3 is 2.16 bits per heavy atom. The Balaban J connectivity index is 1.44. The summed E-state index contributed by atoms with van der Waals surface area (Å²) >= 11 is 0. The zero-order valence-corrected chi connectivity index (χ0v) is 31.5. The lowest BCUT2D eigenvalue weighted by Crippen LogP contribution is -2.63. The van der Waals surface area contributed by atoms with Crippen LogP contribution in [0.25, 0.3) is 0 Å². The fraction of sp³-hybridized carbons (Fsp3) is 0.872. The molecule has 1 aliphatic heterocycles. The van der Waals surface area contributed by atoms with Crippen LogP contribution >= 0.6 is 0 Å². The molecule has 0 amide bonds. The molecule has 0 spiro atoms. The Morgan fingerprint density at radius 1 is 0.918 bits per heavy atom. The van der Waals surface area contributed by atoms with Gasteiger partial charge in [-0.2, -0.15) is 0 Å². The Hall–Kier alpha value is -2.01. The molecule has 0 aromatic rings. The number of aliphatic hydroxyl groups excluding tert-OH is 1. The molecule has 3 N–H and O–H groups in total. The van der Waals surface area contributed by atoms with Crippen LogP contribution in [0, 0.1) is 45.3 Å². The van der Waals surface area contributed by atoms with E-state index in [-0.39, 0.29) is 46.5 Å². The van der Waals surface area contributed by atoms with Crippen LogP contribution in [0.4, 0.5) is 0 Å². The first-order valence-electron chi connectivity index (χ1n) is 18.4. The molecule has 0 radical (unpaired) electrons. The largest absolute Gasteiger partial charge is 0.469 e. The minimum absolute atomic E-state index is 0.00517. The fourth-order valence-corrected chi connectivity index (χ4v) is 11.8. The number of fused-ring (bicyclic) bond motifs is 5. The number of carbonyl (C=O) groups excluding carboxylic acids is 3.